The zero-order valence-corrected chi connectivity index (χ0v) is 11.4. The third-order valence-corrected chi connectivity index (χ3v) is 4.69. The minimum atomic E-state index is -0.322. The molecule has 0 atom stereocenters. The first-order valence-corrected chi connectivity index (χ1v) is 7.25. The van der Waals surface area contributed by atoms with Crippen LogP contribution in [0.25, 0.3) is 0 Å². The van der Waals surface area contributed by atoms with Crippen molar-refractivity contribution >= 4 is 5.91 Å². The van der Waals surface area contributed by atoms with Crippen LogP contribution in [0, 0.1) is 11.3 Å². The number of amides is 1. The molecular weight excluding hydrogens is 228 g/mol. The second kappa shape index (κ2) is 5.57. The highest BCUT2D eigenvalue weighted by Crippen LogP contribution is 2.46. The monoisotopic (exact) mass is 254 g/mol. The van der Waals surface area contributed by atoms with Crippen LogP contribution in [0.1, 0.15) is 45.4 Å². The Balaban J connectivity index is 2.07. The number of hydrogen-bond donors (Lipinski definition) is 2. The Kier molecular flexibility index (Phi) is 4.28. The molecule has 2 aliphatic carbocycles. The molecule has 4 heteroatoms. The number of hydrogen-bond acceptors (Lipinski definition) is 3. The van der Waals surface area contributed by atoms with Crippen molar-refractivity contribution in [1.29, 1.82) is 0 Å². The highest BCUT2D eigenvalue weighted by molar-refractivity contribution is 5.84. The smallest absolute Gasteiger partial charge is 0.230 e. The summed E-state index contributed by atoms with van der Waals surface area (Å²) in [7, 11) is 0. The Morgan fingerprint density at radius 2 is 2.00 bits per heavy atom. The minimum absolute atomic E-state index is 0.0540. The molecule has 2 fully saturated rings. The fraction of sp³-hybridized carbons (Fsp3) is 0.929. The Labute approximate surface area is 110 Å². The molecule has 0 bridgehead atoms. The van der Waals surface area contributed by atoms with Crippen LogP contribution < -0.4 is 5.73 Å². The van der Waals surface area contributed by atoms with E-state index in [1.165, 1.54) is 12.8 Å². The molecule has 104 valence electrons. The number of carbonyl (C=O) groups is 1. The van der Waals surface area contributed by atoms with E-state index in [9.17, 15) is 9.90 Å². The topological polar surface area (TPSA) is 66.6 Å². The van der Waals surface area contributed by atoms with Crippen molar-refractivity contribution in [2.45, 2.75) is 51.5 Å². The lowest BCUT2D eigenvalue weighted by atomic mass is 9.61. The SMILES string of the molecule is CC1CC(CN)(C(=O)N(CCO)C2CCCC2)C1. The maximum absolute atomic E-state index is 12.7. The Bertz CT molecular complexity index is 294. The number of nitrogens with zero attached hydrogens (tertiary/aromatic N) is 1. The molecule has 2 saturated carbocycles. The predicted octanol–water partition coefficient (Wildman–Crippen LogP) is 1.12. The van der Waals surface area contributed by atoms with Crippen LogP contribution in [0.2, 0.25) is 0 Å². The van der Waals surface area contributed by atoms with E-state index in [0.717, 1.165) is 25.7 Å². The van der Waals surface area contributed by atoms with Gasteiger partial charge in [-0.25, -0.2) is 0 Å². The summed E-state index contributed by atoms with van der Waals surface area (Å²) in [6.07, 6.45) is 6.40. The van der Waals surface area contributed by atoms with Crippen molar-refractivity contribution in [3.63, 3.8) is 0 Å². The molecule has 3 N–H and O–H groups in total. The number of nitrogens with two attached hydrogens (primary N) is 1. The Morgan fingerprint density at radius 3 is 2.44 bits per heavy atom. The zero-order valence-electron chi connectivity index (χ0n) is 11.4. The van der Waals surface area contributed by atoms with Gasteiger partial charge in [-0.3, -0.25) is 4.79 Å². The van der Waals surface area contributed by atoms with Gasteiger partial charge in [-0.1, -0.05) is 19.8 Å². The second-order valence-corrected chi connectivity index (χ2v) is 6.16. The van der Waals surface area contributed by atoms with Gasteiger partial charge in [-0.15, -0.1) is 0 Å². The van der Waals surface area contributed by atoms with Crippen molar-refractivity contribution in [3.05, 3.63) is 0 Å². The first-order valence-electron chi connectivity index (χ1n) is 7.25. The van der Waals surface area contributed by atoms with Gasteiger partial charge in [0.1, 0.15) is 0 Å². The first-order chi connectivity index (χ1) is 8.63. The van der Waals surface area contributed by atoms with Crippen molar-refractivity contribution in [2.24, 2.45) is 17.1 Å². The Morgan fingerprint density at radius 1 is 1.39 bits per heavy atom. The molecule has 0 heterocycles. The van der Waals surface area contributed by atoms with Crippen LogP contribution in [0.4, 0.5) is 0 Å². The van der Waals surface area contributed by atoms with E-state index in [1.807, 2.05) is 4.90 Å². The minimum Gasteiger partial charge on any atom is -0.395 e. The van der Waals surface area contributed by atoms with Gasteiger partial charge in [0, 0.05) is 19.1 Å². The molecule has 2 aliphatic rings. The molecule has 1 amide bonds. The molecule has 0 spiro atoms. The molecule has 0 aromatic carbocycles. The third-order valence-electron chi connectivity index (χ3n) is 4.69. The third kappa shape index (κ3) is 2.41. The van der Waals surface area contributed by atoms with Crippen LogP contribution in [-0.2, 0) is 4.79 Å². The van der Waals surface area contributed by atoms with Crippen molar-refractivity contribution < 1.29 is 9.90 Å². The normalized spacial score (nSPS) is 32.3. The molecule has 18 heavy (non-hydrogen) atoms. The molecular formula is C14H26N2O2. The molecule has 0 aromatic rings. The van der Waals surface area contributed by atoms with E-state index < -0.39 is 0 Å². The van der Waals surface area contributed by atoms with Crippen LogP contribution >= 0.6 is 0 Å². The number of aliphatic hydroxyl groups excluding tert-OH is 1. The lowest BCUT2D eigenvalue weighted by Crippen LogP contribution is -2.57. The summed E-state index contributed by atoms with van der Waals surface area (Å²) in [5, 5.41) is 9.20. The Hall–Kier alpha value is -0.610. The largest absolute Gasteiger partial charge is 0.395 e. The average molecular weight is 254 g/mol. The van der Waals surface area contributed by atoms with Crippen molar-refractivity contribution in [3.8, 4) is 0 Å². The maximum Gasteiger partial charge on any atom is 0.230 e. The zero-order chi connectivity index (χ0) is 13.2. The molecule has 2 rings (SSSR count). The molecule has 4 nitrogen and oxygen atoms in total. The van der Waals surface area contributed by atoms with Gasteiger partial charge in [0.05, 0.1) is 12.0 Å². The fourth-order valence-corrected chi connectivity index (χ4v) is 3.78. The number of carbonyl (C=O) groups excluding carboxylic acids is 1. The summed E-state index contributed by atoms with van der Waals surface area (Å²) < 4.78 is 0. The molecule has 0 saturated heterocycles. The lowest BCUT2D eigenvalue weighted by Gasteiger charge is -2.48. The van der Waals surface area contributed by atoms with E-state index in [2.05, 4.69) is 6.92 Å². The van der Waals surface area contributed by atoms with Crippen LogP contribution in [0.15, 0.2) is 0 Å². The highest BCUT2D eigenvalue weighted by atomic mass is 16.3. The second-order valence-electron chi connectivity index (χ2n) is 6.16. The van der Waals surface area contributed by atoms with E-state index in [0.29, 0.717) is 25.0 Å². The van der Waals surface area contributed by atoms with E-state index in [4.69, 9.17) is 5.73 Å². The van der Waals surface area contributed by atoms with E-state index in [-0.39, 0.29) is 17.9 Å². The first kappa shape index (κ1) is 13.8. The van der Waals surface area contributed by atoms with Gasteiger partial charge in [0.15, 0.2) is 0 Å². The molecule has 0 radical (unpaired) electrons. The molecule has 0 unspecified atom stereocenters. The maximum atomic E-state index is 12.7. The highest BCUT2D eigenvalue weighted by Gasteiger charge is 2.49. The van der Waals surface area contributed by atoms with Gasteiger partial charge >= 0.3 is 0 Å². The summed E-state index contributed by atoms with van der Waals surface area (Å²) in [6, 6.07) is 0.337. The van der Waals surface area contributed by atoms with Crippen LogP contribution in [0.5, 0.6) is 0 Å². The predicted molar refractivity (Wildman–Crippen MR) is 70.9 cm³/mol. The van der Waals surface area contributed by atoms with Crippen LogP contribution in [-0.4, -0.2) is 41.7 Å². The molecule has 0 aromatic heterocycles. The fourth-order valence-electron chi connectivity index (χ4n) is 3.78. The summed E-state index contributed by atoms with van der Waals surface area (Å²) >= 11 is 0. The van der Waals surface area contributed by atoms with Gasteiger partial charge in [-0.05, 0) is 31.6 Å². The van der Waals surface area contributed by atoms with Gasteiger partial charge < -0.3 is 15.7 Å². The van der Waals surface area contributed by atoms with E-state index in [1.54, 1.807) is 0 Å². The van der Waals surface area contributed by atoms with Gasteiger partial charge in [0.25, 0.3) is 0 Å². The summed E-state index contributed by atoms with van der Waals surface area (Å²) in [6.45, 7) is 3.15. The summed E-state index contributed by atoms with van der Waals surface area (Å²) in [5.74, 6) is 0.807. The van der Waals surface area contributed by atoms with Crippen LogP contribution in [0.3, 0.4) is 0 Å². The average Bonchev–Trinajstić information content (AvgIpc) is 2.84. The van der Waals surface area contributed by atoms with Gasteiger partial charge in [0.2, 0.25) is 5.91 Å². The lowest BCUT2D eigenvalue weighted by molar-refractivity contribution is -0.152. The van der Waals surface area contributed by atoms with Gasteiger partial charge in [-0.2, -0.15) is 0 Å². The quantitative estimate of drug-likeness (QED) is 0.773. The number of aliphatic hydroxyl groups is 1. The summed E-state index contributed by atoms with van der Waals surface area (Å²) in [5.41, 5.74) is 5.53. The molecule has 0 aliphatic heterocycles. The number of rotatable bonds is 5. The van der Waals surface area contributed by atoms with Crippen molar-refractivity contribution in [1.82, 2.24) is 4.90 Å². The summed E-state index contributed by atoms with van der Waals surface area (Å²) in [4.78, 5) is 14.7. The standard InChI is InChI=1S/C14H26N2O2/c1-11-8-14(9-11,10-15)13(18)16(6-7-17)12-4-2-3-5-12/h11-12,17H,2-10,15H2,1H3. The van der Waals surface area contributed by atoms with E-state index >= 15 is 0 Å². The van der Waals surface area contributed by atoms with Crippen molar-refractivity contribution in [2.75, 3.05) is 19.7 Å².